The van der Waals surface area contributed by atoms with Gasteiger partial charge in [0.25, 0.3) is 0 Å². The summed E-state index contributed by atoms with van der Waals surface area (Å²) < 4.78 is 28.5. The summed E-state index contributed by atoms with van der Waals surface area (Å²) in [6, 6.07) is 3.43. The van der Waals surface area contributed by atoms with E-state index in [0.717, 1.165) is 6.07 Å². The fourth-order valence-electron chi connectivity index (χ4n) is 3.26. The molecule has 1 aliphatic heterocycles. The number of carbonyl (C=O) groups excluding carboxylic acids is 1. The number of piperazine rings is 1. The Balaban J connectivity index is 1.59. The van der Waals surface area contributed by atoms with Crippen molar-refractivity contribution in [3.8, 4) is 0 Å². The standard InChI is InChI=1S/C18H21F2N5O3/c1-12-16(25(27)28)11-24(21-12)13(2)18(26)23-8-6-22(7-9-23)10-14-4-3-5-15(19)17(14)20/h3-5,11,13H,6-10H2,1-2H3. The molecule has 3 rings (SSSR count). The second-order valence-electron chi connectivity index (χ2n) is 6.83. The molecule has 2 aromatic rings. The van der Waals surface area contributed by atoms with Crippen molar-refractivity contribution in [2.45, 2.75) is 26.4 Å². The Morgan fingerprint density at radius 3 is 2.57 bits per heavy atom. The molecule has 1 unspecified atom stereocenters. The second-order valence-corrected chi connectivity index (χ2v) is 6.83. The Bertz CT molecular complexity index is 893. The molecule has 10 heteroatoms. The zero-order valence-corrected chi connectivity index (χ0v) is 15.6. The number of carbonyl (C=O) groups is 1. The predicted octanol–water partition coefficient (Wildman–Crippen LogP) is 2.28. The van der Waals surface area contributed by atoms with E-state index in [-0.39, 0.29) is 29.4 Å². The summed E-state index contributed by atoms with van der Waals surface area (Å²) >= 11 is 0. The maximum Gasteiger partial charge on any atom is 0.309 e. The van der Waals surface area contributed by atoms with Crippen molar-refractivity contribution in [2.24, 2.45) is 0 Å². The van der Waals surface area contributed by atoms with E-state index >= 15 is 0 Å². The number of aromatic nitrogens is 2. The molecule has 0 spiro atoms. The van der Waals surface area contributed by atoms with Crippen LogP contribution in [0.4, 0.5) is 14.5 Å². The van der Waals surface area contributed by atoms with Gasteiger partial charge in [0, 0.05) is 38.3 Å². The summed E-state index contributed by atoms with van der Waals surface area (Å²) in [7, 11) is 0. The van der Waals surface area contributed by atoms with Gasteiger partial charge in [-0.25, -0.2) is 8.78 Å². The number of hydrogen-bond donors (Lipinski definition) is 0. The van der Waals surface area contributed by atoms with Crippen LogP contribution >= 0.6 is 0 Å². The van der Waals surface area contributed by atoms with Crippen LogP contribution in [0.3, 0.4) is 0 Å². The lowest BCUT2D eigenvalue weighted by Crippen LogP contribution is -2.50. The van der Waals surface area contributed by atoms with Gasteiger partial charge in [-0.2, -0.15) is 5.10 Å². The number of nitro groups is 1. The molecular weight excluding hydrogens is 372 g/mol. The van der Waals surface area contributed by atoms with Crippen LogP contribution in [-0.4, -0.2) is 56.6 Å². The lowest BCUT2D eigenvalue weighted by molar-refractivity contribution is -0.385. The minimum atomic E-state index is -0.872. The van der Waals surface area contributed by atoms with E-state index in [1.54, 1.807) is 17.9 Å². The number of benzene rings is 1. The van der Waals surface area contributed by atoms with Gasteiger partial charge in [0.1, 0.15) is 17.9 Å². The first kappa shape index (κ1) is 19.9. The maximum atomic E-state index is 13.8. The van der Waals surface area contributed by atoms with Crippen molar-refractivity contribution in [3.63, 3.8) is 0 Å². The van der Waals surface area contributed by atoms with Crippen LogP contribution in [0.15, 0.2) is 24.4 Å². The Morgan fingerprint density at radius 1 is 1.29 bits per heavy atom. The van der Waals surface area contributed by atoms with Crippen molar-refractivity contribution < 1.29 is 18.5 Å². The average Bonchev–Trinajstić information content (AvgIpc) is 3.07. The largest absolute Gasteiger partial charge is 0.338 e. The Kier molecular flexibility index (Phi) is 5.68. The van der Waals surface area contributed by atoms with Gasteiger partial charge >= 0.3 is 5.69 Å². The lowest BCUT2D eigenvalue weighted by Gasteiger charge is -2.36. The Hall–Kier alpha value is -2.88. The average molecular weight is 393 g/mol. The van der Waals surface area contributed by atoms with Crippen molar-refractivity contribution in [3.05, 3.63) is 57.4 Å². The van der Waals surface area contributed by atoms with Crippen LogP contribution in [0.25, 0.3) is 0 Å². The van der Waals surface area contributed by atoms with Gasteiger partial charge in [-0.3, -0.25) is 24.5 Å². The van der Waals surface area contributed by atoms with E-state index in [4.69, 9.17) is 0 Å². The highest BCUT2D eigenvalue weighted by Gasteiger charge is 2.28. The number of halogens is 2. The van der Waals surface area contributed by atoms with Crippen LogP contribution in [-0.2, 0) is 11.3 Å². The van der Waals surface area contributed by atoms with E-state index in [1.807, 2.05) is 4.90 Å². The molecule has 1 saturated heterocycles. The lowest BCUT2D eigenvalue weighted by atomic mass is 10.1. The van der Waals surface area contributed by atoms with Gasteiger partial charge in [-0.1, -0.05) is 12.1 Å². The van der Waals surface area contributed by atoms with E-state index in [2.05, 4.69) is 5.10 Å². The van der Waals surface area contributed by atoms with Gasteiger partial charge in [-0.15, -0.1) is 0 Å². The van der Waals surface area contributed by atoms with Gasteiger partial charge in [0.2, 0.25) is 5.91 Å². The molecule has 0 aliphatic carbocycles. The first-order valence-corrected chi connectivity index (χ1v) is 8.92. The third-order valence-corrected chi connectivity index (χ3v) is 4.95. The smallest absolute Gasteiger partial charge is 0.309 e. The first-order chi connectivity index (χ1) is 13.3. The first-order valence-electron chi connectivity index (χ1n) is 8.92. The maximum absolute atomic E-state index is 13.8. The molecule has 8 nitrogen and oxygen atoms in total. The Morgan fingerprint density at radius 2 is 1.96 bits per heavy atom. The monoisotopic (exact) mass is 393 g/mol. The zero-order chi connectivity index (χ0) is 20.4. The van der Waals surface area contributed by atoms with E-state index in [0.29, 0.717) is 26.2 Å². The van der Waals surface area contributed by atoms with Crippen LogP contribution in [0.2, 0.25) is 0 Å². The van der Waals surface area contributed by atoms with Crippen molar-refractivity contribution in [1.29, 1.82) is 0 Å². The molecule has 28 heavy (non-hydrogen) atoms. The molecule has 0 radical (unpaired) electrons. The van der Waals surface area contributed by atoms with E-state index in [9.17, 15) is 23.7 Å². The third kappa shape index (κ3) is 4.01. The molecule has 0 bridgehead atoms. The second kappa shape index (κ2) is 8.01. The zero-order valence-electron chi connectivity index (χ0n) is 15.6. The van der Waals surface area contributed by atoms with Crippen molar-refractivity contribution in [2.75, 3.05) is 26.2 Å². The van der Waals surface area contributed by atoms with Crippen LogP contribution < -0.4 is 0 Å². The Labute approximate surface area is 160 Å². The molecule has 0 N–H and O–H groups in total. The highest BCUT2D eigenvalue weighted by molar-refractivity contribution is 5.80. The number of rotatable bonds is 5. The molecule has 2 heterocycles. The molecule has 1 aromatic heterocycles. The summed E-state index contributed by atoms with van der Waals surface area (Å²) in [6.07, 6.45) is 1.26. The highest BCUT2D eigenvalue weighted by Crippen LogP contribution is 2.20. The van der Waals surface area contributed by atoms with E-state index < -0.39 is 22.6 Å². The normalized spacial score (nSPS) is 16.2. The third-order valence-electron chi connectivity index (χ3n) is 4.95. The van der Waals surface area contributed by atoms with Gasteiger partial charge in [0.05, 0.1) is 4.92 Å². The van der Waals surface area contributed by atoms with E-state index in [1.165, 1.54) is 23.9 Å². The molecule has 1 atom stereocenters. The van der Waals surface area contributed by atoms with Crippen LogP contribution in [0.5, 0.6) is 0 Å². The SMILES string of the molecule is Cc1nn(C(C)C(=O)N2CCN(Cc3cccc(F)c3F)CC2)cc1[N+](=O)[O-]. The number of amides is 1. The van der Waals surface area contributed by atoms with Crippen LogP contribution in [0, 0.1) is 28.7 Å². The number of aryl methyl sites for hydroxylation is 1. The quantitative estimate of drug-likeness (QED) is 0.575. The van der Waals surface area contributed by atoms with Gasteiger partial charge in [-0.05, 0) is 19.9 Å². The molecule has 1 aliphatic rings. The van der Waals surface area contributed by atoms with Crippen molar-refractivity contribution in [1.82, 2.24) is 19.6 Å². The fraction of sp³-hybridized carbons (Fsp3) is 0.444. The topological polar surface area (TPSA) is 84.5 Å². The number of hydrogen-bond acceptors (Lipinski definition) is 5. The minimum Gasteiger partial charge on any atom is -0.338 e. The highest BCUT2D eigenvalue weighted by atomic mass is 19.2. The van der Waals surface area contributed by atoms with Crippen molar-refractivity contribution >= 4 is 11.6 Å². The molecular formula is C18H21F2N5O3. The molecule has 1 aromatic carbocycles. The summed E-state index contributed by atoms with van der Waals surface area (Å²) in [5.41, 5.74) is 0.417. The summed E-state index contributed by atoms with van der Waals surface area (Å²) in [6.45, 7) is 5.35. The molecule has 0 saturated carbocycles. The molecule has 1 amide bonds. The summed E-state index contributed by atoms with van der Waals surface area (Å²) in [4.78, 5) is 26.8. The van der Waals surface area contributed by atoms with Crippen LogP contribution in [0.1, 0.15) is 24.2 Å². The van der Waals surface area contributed by atoms with Gasteiger partial charge < -0.3 is 4.90 Å². The molecule has 1 fully saturated rings. The summed E-state index contributed by atoms with van der Waals surface area (Å²) in [5.74, 6) is -1.90. The minimum absolute atomic E-state index is 0.124. The van der Waals surface area contributed by atoms with Gasteiger partial charge in [0.15, 0.2) is 11.6 Å². The number of nitrogens with zero attached hydrogens (tertiary/aromatic N) is 5. The predicted molar refractivity (Wildman–Crippen MR) is 96.5 cm³/mol. The fourth-order valence-corrected chi connectivity index (χ4v) is 3.26. The molecule has 150 valence electrons. The summed E-state index contributed by atoms with van der Waals surface area (Å²) in [5, 5.41) is 15.0.